The Bertz CT molecular complexity index is 396. The Hall–Kier alpha value is -0.740. The summed E-state index contributed by atoms with van der Waals surface area (Å²) in [5, 5.41) is 9.97. The summed E-state index contributed by atoms with van der Waals surface area (Å²) in [6.07, 6.45) is 0.874. The monoisotopic (exact) mass is 286 g/mol. The lowest BCUT2D eigenvalue weighted by atomic mass is 9.98. The molecule has 3 nitrogen and oxygen atoms in total. The second kappa shape index (κ2) is 4.26. The highest BCUT2D eigenvalue weighted by molar-refractivity contribution is 9.10. The van der Waals surface area contributed by atoms with Crippen LogP contribution in [0, 0.1) is 0 Å². The van der Waals surface area contributed by atoms with Crippen LogP contribution in [0.3, 0.4) is 0 Å². The molecule has 2 rings (SSSR count). The molecule has 0 aromatic heterocycles. The predicted molar refractivity (Wildman–Crippen MR) is 65.0 cm³/mol. The Morgan fingerprint density at radius 1 is 1.25 bits per heavy atom. The molecule has 1 N–H and O–H groups in total. The fourth-order valence-corrected chi connectivity index (χ4v) is 2.14. The molecule has 88 valence electrons. The molecule has 0 aliphatic carbocycles. The van der Waals surface area contributed by atoms with Crippen molar-refractivity contribution in [1.29, 1.82) is 0 Å². The van der Waals surface area contributed by atoms with Crippen LogP contribution in [0.5, 0.6) is 11.5 Å². The fourth-order valence-electron chi connectivity index (χ4n) is 1.58. The van der Waals surface area contributed by atoms with Gasteiger partial charge in [0.1, 0.15) is 0 Å². The van der Waals surface area contributed by atoms with Gasteiger partial charge in [-0.2, -0.15) is 0 Å². The Morgan fingerprint density at radius 2 is 1.94 bits per heavy atom. The van der Waals surface area contributed by atoms with Gasteiger partial charge in [0, 0.05) is 6.42 Å². The van der Waals surface area contributed by atoms with E-state index in [0.717, 1.165) is 22.2 Å². The van der Waals surface area contributed by atoms with Gasteiger partial charge >= 0.3 is 0 Å². The highest BCUT2D eigenvalue weighted by Gasteiger charge is 2.22. The summed E-state index contributed by atoms with van der Waals surface area (Å²) in [6, 6.07) is 3.71. The van der Waals surface area contributed by atoms with Crippen LogP contribution in [-0.4, -0.2) is 18.3 Å². The lowest BCUT2D eigenvalue weighted by molar-refractivity contribution is 0.0781. The molecule has 1 aromatic carbocycles. The number of aliphatic hydroxyl groups is 1. The maximum atomic E-state index is 9.97. The van der Waals surface area contributed by atoms with Gasteiger partial charge in [-0.3, -0.25) is 0 Å². The van der Waals surface area contributed by atoms with E-state index in [-0.39, 0.29) is 0 Å². The van der Waals surface area contributed by atoms with E-state index in [4.69, 9.17) is 9.47 Å². The molecule has 0 fully saturated rings. The van der Waals surface area contributed by atoms with Crippen molar-refractivity contribution in [3.8, 4) is 11.5 Å². The van der Waals surface area contributed by atoms with Crippen molar-refractivity contribution in [3.05, 3.63) is 22.2 Å². The van der Waals surface area contributed by atoms with E-state index in [1.54, 1.807) is 13.8 Å². The molecular weight excluding hydrogens is 272 g/mol. The number of rotatable bonds is 1. The molecule has 4 heteroatoms. The topological polar surface area (TPSA) is 38.7 Å². The van der Waals surface area contributed by atoms with Crippen LogP contribution in [0.25, 0.3) is 0 Å². The normalized spacial score (nSPS) is 15.8. The summed E-state index contributed by atoms with van der Waals surface area (Å²) in [5.41, 5.74) is -0.0728. The van der Waals surface area contributed by atoms with Gasteiger partial charge in [-0.25, -0.2) is 0 Å². The quantitative estimate of drug-likeness (QED) is 0.863. The van der Waals surface area contributed by atoms with Crippen molar-refractivity contribution in [2.24, 2.45) is 0 Å². The van der Waals surface area contributed by atoms with Gasteiger partial charge in [0.15, 0.2) is 11.5 Å². The third-order valence-corrected chi connectivity index (χ3v) is 3.10. The summed E-state index contributed by atoms with van der Waals surface area (Å²) in [5.74, 6) is 1.43. The zero-order chi connectivity index (χ0) is 11.8. The number of hydrogen-bond donors (Lipinski definition) is 1. The molecule has 1 aliphatic rings. The van der Waals surface area contributed by atoms with Crippen LogP contribution in [-0.2, 0) is 5.60 Å². The van der Waals surface area contributed by atoms with Gasteiger partial charge in [-0.15, -0.1) is 0 Å². The van der Waals surface area contributed by atoms with Crippen molar-refractivity contribution < 1.29 is 14.6 Å². The van der Waals surface area contributed by atoms with E-state index in [0.29, 0.717) is 19.0 Å². The maximum Gasteiger partial charge on any atom is 0.175 e. The highest BCUT2D eigenvalue weighted by Crippen LogP contribution is 2.40. The van der Waals surface area contributed by atoms with Gasteiger partial charge in [0.05, 0.1) is 23.3 Å². The van der Waals surface area contributed by atoms with E-state index >= 15 is 0 Å². The number of hydrogen-bond acceptors (Lipinski definition) is 3. The first-order valence-corrected chi connectivity index (χ1v) is 6.10. The number of halogens is 1. The van der Waals surface area contributed by atoms with Gasteiger partial charge in [-0.05, 0) is 47.5 Å². The van der Waals surface area contributed by atoms with Crippen molar-refractivity contribution >= 4 is 15.9 Å². The molecule has 1 aromatic rings. The van der Waals surface area contributed by atoms with Crippen molar-refractivity contribution in [2.75, 3.05) is 13.2 Å². The zero-order valence-electron chi connectivity index (χ0n) is 9.42. The third kappa shape index (κ3) is 2.33. The molecule has 16 heavy (non-hydrogen) atoms. The van der Waals surface area contributed by atoms with Crippen molar-refractivity contribution in [2.45, 2.75) is 25.9 Å². The molecule has 0 bridgehead atoms. The molecule has 0 saturated heterocycles. The molecule has 0 atom stereocenters. The second-order valence-electron chi connectivity index (χ2n) is 4.39. The summed E-state index contributed by atoms with van der Waals surface area (Å²) < 4.78 is 12.0. The largest absolute Gasteiger partial charge is 0.490 e. The standard InChI is InChI=1S/C12H15BrO3/c1-12(2,14)8-6-9(13)11-10(7-8)15-4-3-5-16-11/h6-7,14H,3-5H2,1-2H3. The van der Waals surface area contributed by atoms with Crippen LogP contribution in [0.2, 0.25) is 0 Å². The van der Waals surface area contributed by atoms with Crippen molar-refractivity contribution in [1.82, 2.24) is 0 Å². The molecule has 0 spiro atoms. The molecule has 1 heterocycles. The Balaban J connectivity index is 2.48. The minimum absolute atomic E-state index is 0.648. The lowest BCUT2D eigenvalue weighted by Crippen LogP contribution is -2.15. The zero-order valence-corrected chi connectivity index (χ0v) is 11.0. The van der Waals surface area contributed by atoms with Gasteiger partial charge in [0.2, 0.25) is 0 Å². The Kier molecular flexibility index (Phi) is 3.13. The van der Waals surface area contributed by atoms with E-state index < -0.39 is 5.60 Å². The number of fused-ring (bicyclic) bond motifs is 1. The van der Waals surface area contributed by atoms with Crippen molar-refractivity contribution in [3.63, 3.8) is 0 Å². The van der Waals surface area contributed by atoms with E-state index in [1.165, 1.54) is 0 Å². The second-order valence-corrected chi connectivity index (χ2v) is 5.25. The Labute approximate surface area is 104 Å². The highest BCUT2D eigenvalue weighted by atomic mass is 79.9. The molecule has 0 unspecified atom stereocenters. The van der Waals surface area contributed by atoms with E-state index in [2.05, 4.69) is 15.9 Å². The molecule has 0 amide bonds. The van der Waals surface area contributed by atoms with E-state index in [1.807, 2.05) is 12.1 Å². The van der Waals surface area contributed by atoms with Crippen LogP contribution >= 0.6 is 15.9 Å². The van der Waals surface area contributed by atoms with Gasteiger partial charge < -0.3 is 14.6 Å². The van der Waals surface area contributed by atoms with Gasteiger partial charge in [-0.1, -0.05) is 0 Å². The summed E-state index contributed by atoms with van der Waals surface area (Å²) in [4.78, 5) is 0. The minimum Gasteiger partial charge on any atom is -0.490 e. The summed E-state index contributed by atoms with van der Waals surface area (Å²) in [7, 11) is 0. The average molecular weight is 287 g/mol. The average Bonchev–Trinajstić information content (AvgIpc) is 2.41. The first-order valence-electron chi connectivity index (χ1n) is 5.30. The number of ether oxygens (including phenoxy) is 2. The third-order valence-electron chi connectivity index (χ3n) is 2.51. The van der Waals surface area contributed by atoms with Crippen LogP contribution in [0.1, 0.15) is 25.8 Å². The lowest BCUT2D eigenvalue weighted by Gasteiger charge is -2.20. The van der Waals surface area contributed by atoms with Crippen LogP contribution < -0.4 is 9.47 Å². The molecule has 0 saturated carbocycles. The SMILES string of the molecule is CC(C)(O)c1cc(Br)c2c(c1)OCCCO2. The Morgan fingerprint density at radius 3 is 2.62 bits per heavy atom. The number of benzene rings is 1. The molecule has 1 aliphatic heterocycles. The van der Waals surface area contributed by atoms with Crippen LogP contribution in [0.15, 0.2) is 16.6 Å². The summed E-state index contributed by atoms with van der Waals surface area (Å²) in [6.45, 7) is 4.81. The van der Waals surface area contributed by atoms with E-state index in [9.17, 15) is 5.11 Å². The minimum atomic E-state index is -0.882. The predicted octanol–water partition coefficient (Wildman–Crippen LogP) is 2.84. The fraction of sp³-hybridized carbons (Fsp3) is 0.500. The summed E-state index contributed by atoms with van der Waals surface area (Å²) >= 11 is 3.44. The smallest absolute Gasteiger partial charge is 0.175 e. The first kappa shape index (κ1) is 11.7. The maximum absolute atomic E-state index is 9.97. The van der Waals surface area contributed by atoms with Gasteiger partial charge in [0.25, 0.3) is 0 Å². The molecule has 0 radical (unpaired) electrons. The van der Waals surface area contributed by atoms with Crippen LogP contribution in [0.4, 0.5) is 0 Å². The first-order chi connectivity index (χ1) is 7.48. The molecular formula is C12H15BrO3.